The molecule has 0 fully saturated rings. The van der Waals surface area contributed by atoms with Gasteiger partial charge in [0.05, 0.1) is 6.61 Å². The van der Waals surface area contributed by atoms with E-state index in [2.05, 4.69) is 0 Å². The van der Waals surface area contributed by atoms with Crippen LogP contribution in [0.15, 0.2) is 18.2 Å². The summed E-state index contributed by atoms with van der Waals surface area (Å²) in [6.45, 7) is 0.613. The van der Waals surface area contributed by atoms with E-state index in [0.717, 1.165) is 5.56 Å². The number of aryl methyl sites for hydroxylation is 1. The van der Waals surface area contributed by atoms with Crippen molar-refractivity contribution in [2.75, 3.05) is 19.8 Å². The Morgan fingerprint density at radius 2 is 1.58 bits per heavy atom. The second kappa shape index (κ2) is 16.8. The summed E-state index contributed by atoms with van der Waals surface area (Å²) in [5.74, 6) is -0.215. The van der Waals surface area contributed by atoms with Crippen LogP contribution in [0.5, 0.6) is 11.5 Å². The van der Waals surface area contributed by atoms with Crippen molar-refractivity contribution in [1.82, 2.24) is 0 Å². The van der Waals surface area contributed by atoms with Crippen LogP contribution in [0.4, 0.5) is 0 Å². The molecule has 8 heteroatoms. The number of hydrogen-bond acceptors (Lipinski definition) is 6. The zero-order valence-electron chi connectivity index (χ0n) is 10.5. The van der Waals surface area contributed by atoms with Gasteiger partial charge in [-0.15, -0.1) is 0 Å². The number of aliphatic hydroxyl groups excluding tert-OH is 2. The highest BCUT2D eigenvalue weighted by Crippen LogP contribution is 2.25. The summed E-state index contributed by atoms with van der Waals surface area (Å²) < 4.78 is 8.06. The van der Waals surface area contributed by atoms with Crippen LogP contribution in [0.3, 0.4) is 0 Å². The van der Waals surface area contributed by atoms with E-state index in [0.29, 0.717) is 19.4 Å². The molecule has 112 valence electrons. The van der Waals surface area contributed by atoms with Crippen LogP contribution in [0.1, 0.15) is 12.0 Å². The first-order chi connectivity index (χ1) is 8.65. The van der Waals surface area contributed by atoms with Crippen LogP contribution in [0.25, 0.3) is 0 Å². The van der Waals surface area contributed by atoms with Crippen molar-refractivity contribution >= 4 is 9.12 Å². The quantitative estimate of drug-likeness (QED) is 0.376. The molecule has 7 nitrogen and oxygen atoms in total. The third-order valence-corrected chi connectivity index (χ3v) is 1.79. The Kier molecular flexibility index (Phi) is 20.2. The van der Waals surface area contributed by atoms with Crippen LogP contribution in [-0.2, 0) is 11.0 Å². The van der Waals surface area contributed by atoms with Gasteiger partial charge in [-0.05, 0) is 30.5 Å². The first-order valence-electron chi connectivity index (χ1n) is 5.28. The van der Waals surface area contributed by atoms with Crippen molar-refractivity contribution in [2.45, 2.75) is 12.8 Å². The summed E-state index contributed by atoms with van der Waals surface area (Å²) in [5.41, 5.74) is 5.69. The third kappa shape index (κ3) is 13.0. The van der Waals surface area contributed by atoms with Crippen molar-refractivity contribution < 1.29 is 30.5 Å². The molecule has 0 saturated heterocycles. The summed E-state index contributed by atoms with van der Waals surface area (Å²) in [6, 6.07) is 4.68. The lowest BCUT2D eigenvalue weighted by Crippen LogP contribution is -2.02. The molecule has 0 bridgehead atoms. The number of aliphatic hydroxyl groups is 2. The summed E-state index contributed by atoms with van der Waals surface area (Å²) in [5, 5.41) is 34.3. The average molecular weight is 295 g/mol. The number of phenols is 2. The van der Waals surface area contributed by atoms with E-state index in [9.17, 15) is 0 Å². The summed E-state index contributed by atoms with van der Waals surface area (Å²) >= 11 is 0. The molecule has 1 aromatic rings. The van der Waals surface area contributed by atoms with Gasteiger partial charge in [-0.3, -0.25) is 4.57 Å². The van der Waals surface area contributed by atoms with E-state index in [1.807, 2.05) is 0 Å². The van der Waals surface area contributed by atoms with Gasteiger partial charge in [0.1, 0.15) is 9.12 Å². The van der Waals surface area contributed by atoms with Gasteiger partial charge in [-0.2, -0.15) is 0 Å². The minimum Gasteiger partial charge on any atom is -0.504 e. The molecule has 0 heterocycles. The molecule has 19 heavy (non-hydrogen) atoms. The Morgan fingerprint density at radius 1 is 1.05 bits per heavy atom. The molecule has 0 aliphatic heterocycles. The highest BCUT2D eigenvalue weighted by molar-refractivity contribution is 7.00. The van der Waals surface area contributed by atoms with Crippen LogP contribution < -0.4 is 5.73 Å². The first kappa shape index (κ1) is 22.9. The molecule has 0 aliphatic rings. The van der Waals surface area contributed by atoms with E-state index >= 15 is 0 Å². The summed E-state index contributed by atoms with van der Waals surface area (Å²) in [7, 11) is 1.72. The highest BCUT2D eigenvalue weighted by Gasteiger charge is 1.99. The molecule has 0 atom stereocenters. The predicted octanol–water partition coefficient (Wildman–Crippen LogP) is -0.390. The van der Waals surface area contributed by atoms with Gasteiger partial charge < -0.3 is 31.6 Å². The molecule has 8 N–H and O–H groups in total. The molecule has 1 aromatic carbocycles. The van der Waals surface area contributed by atoms with Crippen LogP contribution in [0.2, 0.25) is 0 Å². The number of phenolic OH excluding ortho intramolecular Hbond substituents is 2. The van der Waals surface area contributed by atoms with Gasteiger partial charge in [0.25, 0.3) is 0 Å². The Balaban J connectivity index is -0.000000316. The smallest absolute Gasteiger partial charge is 0.157 e. The van der Waals surface area contributed by atoms with E-state index in [1.165, 1.54) is 12.1 Å². The standard InChI is InChI=1S/C9H12O3.C2H7NO.HOP.H2O/c10-5-1-2-7-3-4-8(11)9(12)6-7;3-1-2-4;1-2;/h3-4,6,10-12H,1-2,5H2;4H,1-3H2;2H;1H2. The van der Waals surface area contributed by atoms with E-state index < -0.39 is 0 Å². The molecular formula is C11H22NO6P. The van der Waals surface area contributed by atoms with E-state index in [4.69, 9.17) is 30.7 Å². The van der Waals surface area contributed by atoms with Crippen molar-refractivity contribution in [3.05, 3.63) is 23.8 Å². The lowest BCUT2D eigenvalue weighted by Gasteiger charge is -2.01. The lowest BCUT2D eigenvalue weighted by molar-refractivity contribution is 0.288. The molecule has 0 spiro atoms. The molecular weight excluding hydrogens is 273 g/mol. The average Bonchev–Trinajstić information content (AvgIpc) is 2.42. The largest absolute Gasteiger partial charge is 0.504 e. The van der Waals surface area contributed by atoms with Crippen molar-refractivity contribution in [3.63, 3.8) is 0 Å². The first-order valence-corrected chi connectivity index (χ1v) is 5.69. The summed E-state index contributed by atoms with van der Waals surface area (Å²) in [4.78, 5) is 0. The number of nitrogens with two attached hydrogens (primary N) is 1. The van der Waals surface area contributed by atoms with Gasteiger partial charge in [0.15, 0.2) is 11.5 Å². The zero-order chi connectivity index (χ0) is 14.4. The molecule has 0 unspecified atom stereocenters. The fourth-order valence-corrected chi connectivity index (χ4v) is 1.01. The van der Waals surface area contributed by atoms with Crippen LogP contribution >= 0.6 is 9.12 Å². The number of rotatable bonds is 4. The summed E-state index contributed by atoms with van der Waals surface area (Å²) in [6.07, 6.45) is 1.38. The Morgan fingerprint density at radius 3 is 1.95 bits per heavy atom. The SMILES string of the molecule is NCCO.O.O=P.OCCCc1ccc(O)c(O)c1. The van der Waals surface area contributed by atoms with Crippen molar-refractivity contribution in [1.29, 1.82) is 0 Å². The van der Waals surface area contributed by atoms with Gasteiger partial charge in [-0.25, -0.2) is 0 Å². The minimum atomic E-state index is -0.109. The molecule has 0 radical (unpaired) electrons. The maximum atomic E-state index is 9.09. The highest BCUT2D eigenvalue weighted by atomic mass is 31.0. The van der Waals surface area contributed by atoms with Crippen LogP contribution in [0, 0.1) is 0 Å². The van der Waals surface area contributed by atoms with E-state index in [1.54, 1.807) is 15.2 Å². The number of aromatic hydroxyl groups is 2. The topological polar surface area (TPSA) is 156 Å². The van der Waals surface area contributed by atoms with Gasteiger partial charge in [0.2, 0.25) is 0 Å². The normalized spacial score (nSPS) is 8.16. The Hall–Kier alpha value is -1.24. The monoisotopic (exact) mass is 295 g/mol. The second-order valence-electron chi connectivity index (χ2n) is 3.16. The zero-order valence-corrected chi connectivity index (χ0v) is 11.5. The Labute approximate surface area is 114 Å². The van der Waals surface area contributed by atoms with Gasteiger partial charge in [0, 0.05) is 13.2 Å². The lowest BCUT2D eigenvalue weighted by atomic mass is 10.1. The maximum absolute atomic E-state index is 9.09. The number of hydrogen-bond donors (Lipinski definition) is 5. The third-order valence-electron chi connectivity index (χ3n) is 1.79. The fourth-order valence-electron chi connectivity index (χ4n) is 1.01. The Bertz CT molecular complexity index is 311. The minimum absolute atomic E-state index is 0. The molecule has 0 amide bonds. The molecule has 0 aromatic heterocycles. The molecule has 0 saturated carbocycles. The van der Waals surface area contributed by atoms with E-state index in [-0.39, 0.29) is 30.2 Å². The van der Waals surface area contributed by atoms with Crippen molar-refractivity contribution in [3.8, 4) is 11.5 Å². The van der Waals surface area contributed by atoms with Gasteiger partial charge in [-0.1, -0.05) is 6.07 Å². The molecule has 0 aliphatic carbocycles. The predicted molar refractivity (Wildman–Crippen MR) is 73.9 cm³/mol. The van der Waals surface area contributed by atoms with Crippen molar-refractivity contribution in [2.24, 2.45) is 5.73 Å². The second-order valence-corrected chi connectivity index (χ2v) is 3.16. The number of benzene rings is 1. The van der Waals surface area contributed by atoms with Crippen LogP contribution in [-0.4, -0.2) is 45.7 Å². The maximum Gasteiger partial charge on any atom is 0.157 e. The van der Waals surface area contributed by atoms with Gasteiger partial charge >= 0.3 is 0 Å². The fraction of sp³-hybridized carbons (Fsp3) is 0.455. The molecule has 1 rings (SSSR count).